The van der Waals surface area contributed by atoms with E-state index < -0.39 is 12.2 Å². The van der Waals surface area contributed by atoms with Crippen LogP contribution >= 0.6 is 0 Å². The highest BCUT2D eigenvalue weighted by Gasteiger charge is 2.40. The van der Waals surface area contributed by atoms with Crippen molar-refractivity contribution in [2.24, 2.45) is 0 Å². The number of benzene rings is 1. The summed E-state index contributed by atoms with van der Waals surface area (Å²) in [7, 11) is 0. The van der Waals surface area contributed by atoms with E-state index in [-0.39, 0.29) is 18.6 Å². The van der Waals surface area contributed by atoms with Gasteiger partial charge in [-0.1, -0.05) is 12.1 Å². The number of nitrogens with zero attached hydrogens (tertiary/aromatic N) is 3. The summed E-state index contributed by atoms with van der Waals surface area (Å²) in [5.74, 6) is 0.410. The molecule has 3 rings (SSSR count). The van der Waals surface area contributed by atoms with Gasteiger partial charge in [0.25, 0.3) is 5.56 Å². The molecule has 1 N–H and O–H groups in total. The number of alkyl halides is 3. The number of anilines is 1. The summed E-state index contributed by atoms with van der Waals surface area (Å²) in [6.07, 6.45) is -4.22. The molecule has 124 valence electrons. The van der Waals surface area contributed by atoms with Crippen LogP contribution in [-0.2, 0) is 0 Å². The molecule has 0 saturated carbocycles. The smallest absolute Gasteiger partial charge is 0.340 e. The van der Waals surface area contributed by atoms with Gasteiger partial charge in [-0.15, -0.1) is 0 Å². The summed E-state index contributed by atoms with van der Waals surface area (Å²) < 4.78 is 38.3. The summed E-state index contributed by atoms with van der Waals surface area (Å²) in [6.45, 7) is 2.50. The molecule has 1 saturated heterocycles. The zero-order valence-electron chi connectivity index (χ0n) is 12.6. The van der Waals surface area contributed by atoms with Gasteiger partial charge in [-0.05, 0) is 19.1 Å². The fourth-order valence-electron chi connectivity index (χ4n) is 2.75. The van der Waals surface area contributed by atoms with Crippen LogP contribution in [0.15, 0.2) is 29.1 Å². The lowest BCUT2D eigenvalue weighted by Crippen LogP contribution is -2.54. The molecular weight excluding hydrogens is 309 g/mol. The number of fused-ring (bicyclic) bond motifs is 1. The molecule has 1 aromatic heterocycles. The Morgan fingerprint density at radius 2 is 1.83 bits per heavy atom. The SMILES string of the molecule is C[C@H](N1CCN(c2nc3ccccc3c(=O)[nH]2)CC1)C(F)(F)F. The van der Waals surface area contributed by atoms with Gasteiger partial charge < -0.3 is 4.90 Å². The molecule has 1 fully saturated rings. The minimum absolute atomic E-state index is 0.239. The first-order valence-corrected chi connectivity index (χ1v) is 7.41. The molecule has 2 aromatic rings. The molecule has 0 bridgehead atoms. The van der Waals surface area contributed by atoms with Crippen molar-refractivity contribution in [2.75, 3.05) is 31.1 Å². The van der Waals surface area contributed by atoms with Crippen LogP contribution in [0.4, 0.5) is 19.1 Å². The number of hydrogen-bond acceptors (Lipinski definition) is 4. The van der Waals surface area contributed by atoms with E-state index >= 15 is 0 Å². The Kier molecular flexibility index (Phi) is 4.01. The van der Waals surface area contributed by atoms with Crippen LogP contribution in [0.25, 0.3) is 10.9 Å². The van der Waals surface area contributed by atoms with Gasteiger partial charge in [0.15, 0.2) is 0 Å². The average molecular weight is 326 g/mol. The van der Waals surface area contributed by atoms with Crippen molar-refractivity contribution in [1.82, 2.24) is 14.9 Å². The van der Waals surface area contributed by atoms with Crippen molar-refractivity contribution in [3.05, 3.63) is 34.6 Å². The van der Waals surface area contributed by atoms with Crippen LogP contribution in [0.2, 0.25) is 0 Å². The average Bonchev–Trinajstić information content (AvgIpc) is 2.53. The number of hydrogen-bond donors (Lipinski definition) is 1. The Morgan fingerprint density at radius 3 is 2.48 bits per heavy atom. The van der Waals surface area contributed by atoms with Gasteiger partial charge in [0.1, 0.15) is 6.04 Å². The van der Waals surface area contributed by atoms with Gasteiger partial charge in [0, 0.05) is 26.2 Å². The van der Waals surface area contributed by atoms with Crippen molar-refractivity contribution < 1.29 is 13.2 Å². The number of aromatic amines is 1. The maximum Gasteiger partial charge on any atom is 0.403 e. The molecule has 2 heterocycles. The number of H-pyrrole nitrogens is 1. The maximum atomic E-state index is 12.8. The van der Waals surface area contributed by atoms with E-state index in [2.05, 4.69) is 9.97 Å². The van der Waals surface area contributed by atoms with Crippen LogP contribution < -0.4 is 10.5 Å². The van der Waals surface area contributed by atoms with Crippen molar-refractivity contribution >= 4 is 16.9 Å². The molecule has 0 radical (unpaired) electrons. The third-order valence-corrected chi connectivity index (χ3v) is 4.24. The maximum absolute atomic E-state index is 12.8. The summed E-state index contributed by atoms with van der Waals surface area (Å²) in [5, 5.41) is 0.501. The summed E-state index contributed by atoms with van der Waals surface area (Å²) in [5.41, 5.74) is 0.342. The van der Waals surface area contributed by atoms with Crippen LogP contribution in [-0.4, -0.2) is 53.3 Å². The zero-order valence-corrected chi connectivity index (χ0v) is 12.6. The van der Waals surface area contributed by atoms with Crippen molar-refractivity contribution in [1.29, 1.82) is 0 Å². The largest absolute Gasteiger partial charge is 0.403 e. The lowest BCUT2D eigenvalue weighted by Gasteiger charge is -2.38. The molecule has 0 unspecified atom stereocenters. The predicted molar refractivity (Wildman–Crippen MR) is 81.7 cm³/mol. The van der Waals surface area contributed by atoms with Crippen LogP contribution in [0, 0.1) is 0 Å². The number of rotatable bonds is 2. The molecule has 5 nitrogen and oxygen atoms in total. The number of nitrogens with one attached hydrogen (secondary N) is 1. The fourth-order valence-corrected chi connectivity index (χ4v) is 2.75. The lowest BCUT2D eigenvalue weighted by atomic mass is 10.2. The van der Waals surface area contributed by atoms with Gasteiger partial charge in [0.2, 0.25) is 5.95 Å². The van der Waals surface area contributed by atoms with E-state index in [9.17, 15) is 18.0 Å². The highest BCUT2D eigenvalue weighted by molar-refractivity contribution is 5.78. The highest BCUT2D eigenvalue weighted by atomic mass is 19.4. The summed E-state index contributed by atoms with van der Waals surface area (Å²) >= 11 is 0. The minimum atomic E-state index is -4.22. The van der Waals surface area contributed by atoms with E-state index in [1.807, 2.05) is 4.90 Å². The van der Waals surface area contributed by atoms with Gasteiger partial charge in [-0.25, -0.2) is 4.98 Å². The second kappa shape index (κ2) is 5.84. The number of halogens is 3. The molecule has 0 aliphatic carbocycles. The number of piperazine rings is 1. The molecule has 8 heteroatoms. The van der Waals surface area contributed by atoms with E-state index in [1.54, 1.807) is 24.3 Å². The number of para-hydroxylation sites is 1. The topological polar surface area (TPSA) is 52.2 Å². The lowest BCUT2D eigenvalue weighted by molar-refractivity contribution is -0.179. The molecule has 0 spiro atoms. The fraction of sp³-hybridized carbons (Fsp3) is 0.467. The Labute approximate surface area is 130 Å². The summed E-state index contributed by atoms with van der Waals surface area (Å²) in [6, 6.07) is 5.52. The Hall–Kier alpha value is -2.09. The van der Waals surface area contributed by atoms with Crippen molar-refractivity contribution in [3.63, 3.8) is 0 Å². The first-order valence-electron chi connectivity index (χ1n) is 7.41. The number of aromatic nitrogens is 2. The molecule has 23 heavy (non-hydrogen) atoms. The Bertz CT molecular complexity index is 750. The zero-order chi connectivity index (χ0) is 16.6. The van der Waals surface area contributed by atoms with Crippen LogP contribution in [0.5, 0.6) is 0 Å². The highest BCUT2D eigenvalue weighted by Crippen LogP contribution is 2.25. The van der Waals surface area contributed by atoms with E-state index in [4.69, 9.17) is 0 Å². The van der Waals surface area contributed by atoms with Gasteiger partial charge in [0.05, 0.1) is 10.9 Å². The summed E-state index contributed by atoms with van der Waals surface area (Å²) in [4.78, 5) is 22.4. The van der Waals surface area contributed by atoms with Crippen LogP contribution in [0.1, 0.15) is 6.92 Å². The first kappa shape index (κ1) is 15.8. The van der Waals surface area contributed by atoms with Gasteiger partial charge >= 0.3 is 6.18 Å². The molecular formula is C15H17F3N4O. The molecule has 1 aromatic carbocycles. The van der Waals surface area contributed by atoms with E-state index in [0.717, 1.165) is 0 Å². The van der Waals surface area contributed by atoms with Gasteiger partial charge in [-0.2, -0.15) is 13.2 Å². The second-order valence-electron chi connectivity index (χ2n) is 5.65. The molecule has 1 aliphatic rings. The van der Waals surface area contributed by atoms with Crippen molar-refractivity contribution in [2.45, 2.75) is 19.1 Å². The third kappa shape index (κ3) is 3.17. The van der Waals surface area contributed by atoms with E-state index in [0.29, 0.717) is 29.9 Å². The Balaban J connectivity index is 1.77. The van der Waals surface area contributed by atoms with Crippen LogP contribution in [0.3, 0.4) is 0 Å². The standard InChI is InChI=1S/C15H17F3N4O/c1-10(15(16,17)18)21-6-8-22(9-7-21)14-19-12-5-3-2-4-11(12)13(23)20-14/h2-5,10H,6-9H2,1H3,(H,19,20,23)/t10-/m0/s1. The van der Waals surface area contributed by atoms with E-state index in [1.165, 1.54) is 11.8 Å². The monoisotopic (exact) mass is 326 g/mol. The Morgan fingerprint density at radius 1 is 1.17 bits per heavy atom. The predicted octanol–water partition coefficient (Wildman–Crippen LogP) is 2.00. The molecule has 0 amide bonds. The van der Waals surface area contributed by atoms with Crippen molar-refractivity contribution in [3.8, 4) is 0 Å². The normalized spacial score (nSPS) is 18.3. The molecule has 1 aliphatic heterocycles. The minimum Gasteiger partial charge on any atom is -0.340 e. The third-order valence-electron chi connectivity index (χ3n) is 4.24. The first-order chi connectivity index (χ1) is 10.9. The molecule has 1 atom stereocenters. The second-order valence-corrected chi connectivity index (χ2v) is 5.65. The quantitative estimate of drug-likeness (QED) is 0.917. The van der Waals surface area contributed by atoms with Gasteiger partial charge in [-0.3, -0.25) is 14.7 Å².